The van der Waals surface area contributed by atoms with E-state index in [4.69, 9.17) is 0 Å². The van der Waals surface area contributed by atoms with Gasteiger partial charge in [-0.25, -0.2) is 4.79 Å². The quantitative estimate of drug-likeness (QED) is 0.723. The summed E-state index contributed by atoms with van der Waals surface area (Å²) < 4.78 is 28.4. The van der Waals surface area contributed by atoms with E-state index in [0.717, 1.165) is 4.90 Å². The highest BCUT2D eigenvalue weighted by molar-refractivity contribution is 6.09. The van der Waals surface area contributed by atoms with Gasteiger partial charge >= 0.3 is 12.6 Å². The van der Waals surface area contributed by atoms with Crippen LogP contribution >= 0.6 is 0 Å². The number of nitrogens with zero attached hydrogens (tertiary/aromatic N) is 1. The van der Waals surface area contributed by atoms with E-state index in [1.807, 2.05) is 13.8 Å². The van der Waals surface area contributed by atoms with Gasteiger partial charge in [-0.1, -0.05) is 13.8 Å². The Bertz CT molecular complexity index is 694. The van der Waals surface area contributed by atoms with E-state index >= 15 is 0 Å². The molecule has 1 atom stereocenters. The molecular formula is C17H21F2N3O4. The van der Waals surface area contributed by atoms with Crippen molar-refractivity contribution in [1.29, 1.82) is 0 Å². The van der Waals surface area contributed by atoms with Crippen LogP contribution in [0.2, 0.25) is 0 Å². The molecule has 142 valence electrons. The van der Waals surface area contributed by atoms with Gasteiger partial charge in [-0.05, 0) is 43.5 Å². The van der Waals surface area contributed by atoms with E-state index in [1.165, 1.54) is 24.3 Å². The fraction of sp³-hybridized carbons (Fsp3) is 0.471. The number of urea groups is 1. The van der Waals surface area contributed by atoms with Crippen LogP contribution in [0.4, 0.5) is 19.3 Å². The summed E-state index contributed by atoms with van der Waals surface area (Å²) in [5.41, 5.74) is -0.701. The molecule has 2 rings (SSSR count). The molecule has 0 spiro atoms. The Morgan fingerprint density at radius 3 is 2.42 bits per heavy atom. The Balaban J connectivity index is 1.97. The van der Waals surface area contributed by atoms with Gasteiger partial charge in [-0.3, -0.25) is 14.5 Å². The summed E-state index contributed by atoms with van der Waals surface area (Å²) in [5, 5.41) is 5.13. The van der Waals surface area contributed by atoms with Crippen molar-refractivity contribution in [3.8, 4) is 5.75 Å². The number of alkyl halides is 2. The standard InChI is InChI=1S/C17H21F2N3O4/c1-10(2)8-17(3)14(24)22(16(25)21-17)9-13(23)20-11-4-6-12(7-5-11)26-15(18)19/h4-7,10,15H,8-9H2,1-3H3,(H,20,23)(H,21,25)/t17-/m1/s1. The highest BCUT2D eigenvalue weighted by Gasteiger charge is 2.48. The van der Waals surface area contributed by atoms with Crippen LogP contribution in [-0.2, 0) is 9.59 Å². The molecule has 1 saturated heterocycles. The molecule has 1 heterocycles. The molecule has 7 nitrogen and oxygen atoms in total. The molecule has 0 aliphatic carbocycles. The zero-order chi connectivity index (χ0) is 19.5. The molecule has 2 N–H and O–H groups in total. The molecule has 0 unspecified atom stereocenters. The van der Waals surface area contributed by atoms with Gasteiger partial charge in [0, 0.05) is 5.69 Å². The normalized spacial score (nSPS) is 19.9. The van der Waals surface area contributed by atoms with E-state index in [2.05, 4.69) is 15.4 Å². The Kier molecular flexibility index (Phi) is 5.79. The van der Waals surface area contributed by atoms with Gasteiger partial charge in [-0.15, -0.1) is 0 Å². The van der Waals surface area contributed by atoms with E-state index in [1.54, 1.807) is 6.92 Å². The molecule has 1 fully saturated rings. The predicted octanol–water partition coefficient (Wildman–Crippen LogP) is 2.58. The molecule has 4 amide bonds. The minimum Gasteiger partial charge on any atom is -0.435 e. The first-order valence-electron chi connectivity index (χ1n) is 8.09. The average Bonchev–Trinajstić information content (AvgIpc) is 2.71. The van der Waals surface area contributed by atoms with Gasteiger partial charge in [0.1, 0.15) is 17.8 Å². The van der Waals surface area contributed by atoms with Crippen molar-refractivity contribution < 1.29 is 27.9 Å². The third kappa shape index (κ3) is 4.68. The number of hydrogen-bond donors (Lipinski definition) is 2. The molecule has 1 aromatic carbocycles. The van der Waals surface area contributed by atoms with E-state index < -0.39 is 36.5 Å². The van der Waals surface area contributed by atoms with Crippen molar-refractivity contribution in [1.82, 2.24) is 10.2 Å². The van der Waals surface area contributed by atoms with Crippen LogP contribution in [0, 0.1) is 5.92 Å². The number of carbonyl (C=O) groups is 3. The van der Waals surface area contributed by atoms with Crippen molar-refractivity contribution in [3.63, 3.8) is 0 Å². The van der Waals surface area contributed by atoms with E-state index in [-0.39, 0.29) is 11.7 Å². The molecular weight excluding hydrogens is 348 g/mol. The molecule has 1 aliphatic rings. The van der Waals surface area contributed by atoms with Crippen LogP contribution in [0.5, 0.6) is 5.75 Å². The lowest BCUT2D eigenvalue weighted by Gasteiger charge is -2.23. The summed E-state index contributed by atoms with van der Waals surface area (Å²) in [7, 11) is 0. The second kappa shape index (κ2) is 7.67. The lowest BCUT2D eigenvalue weighted by Crippen LogP contribution is -2.45. The van der Waals surface area contributed by atoms with Crippen molar-refractivity contribution in [3.05, 3.63) is 24.3 Å². The first-order valence-corrected chi connectivity index (χ1v) is 8.09. The molecule has 1 aliphatic heterocycles. The molecule has 0 aromatic heterocycles. The zero-order valence-electron chi connectivity index (χ0n) is 14.7. The summed E-state index contributed by atoms with van der Waals surface area (Å²) in [5.74, 6) is -0.889. The van der Waals surface area contributed by atoms with Crippen LogP contribution in [0.25, 0.3) is 0 Å². The summed E-state index contributed by atoms with van der Waals surface area (Å²) in [6.07, 6.45) is 0.460. The lowest BCUT2D eigenvalue weighted by molar-refractivity contribution is -0.133. The monoisotopic (exact) mass is 369 g/mol. The number of imide groups is 1. The van der Waals surface area contributed by atoms with Crippen LogP contribution in [0.15, 0.2) is 24.3 Å². The predicted molar refractivity (Wildman–Crippen MR) is 89.8 cm³/mol. The SMILES string of the molecule is CC(C)C[C@@]1(C)NC(=O)N(CC(=O)Nc2ccc(OC(F)F)cc2)C1=O. The largest absolute Gasteiger partial charge is 0.435 e. The van der Waals surface area contributed by atoms with Crippen molar-refractivity contribution in [2.45, 2.75) is 39.3 Å². The number of carbonyl (C=O) groups excluding carboxylic acids is 3. The Hall–Kier alpha value is -2.71. The van der Waals surface area contributed by atoms with Crippen molar-refractivity contribution >= 4 is 23.5 Å². The maximum absolute atomic E-state index is 12.5. The van der Waals surface area contributed by atoms with Crippen LogP contribution < -0.4 is 15.4 Å². The topological polar surface area (TPSA) is 87.7 Å². The van der Waals surface area contributed by atoms with Crippen LogP contribution in [-0.4, -0.2) is 41.4 Å². The summed E-state index contributed by atoms with van der Waals surface area (Å²) in [4.78, 5) is 37.5. The maximum atomic E-state index is 12.5. The van der Waals surface area contributed by atoms with Gasteiger partial charge in [0.25, 0.3) is 5.91 Å². The van der Waals surface area contributed by atoms with Gasteiger partial charge in [-0.2, -0.15) is 8.78 Å². The highest BCUT2D eigenvalue weighted by atomic mass is 19.3. The number of nitrogens with one attached hydrogen (secondary N) is 2. The minimum absolute atomic E-state index is 0.0449. The smallest absolute Gasteiger partial charge is 0.387 e. The third-order valence-electron chi connectivity index (χ3n) is 3.83. The fourth-order valence-corrected chi connectivity index (χ4v) is 2.91. The van der Waals surface area contributed by atoms with Gasteiger partial charge in [0.15, 0.2) is 0 Å². The Labute approximate surface area is 149 Å². The van der Waals surface area contributed by atoms with Crippen LogP contribution in [0.3, 0.4) is 0 Å². The van der Waals surface area contributed by atoms with Gasteiger partial charge in [0.2, 0.25) is 5.91 Å². The Morgan fingerprint density at radius 2 is 1.88 bits per heavy atom. The highest BCUT2D eigenvalue weighted by Crippen LogP contribution is 2.25. The molecule has 0 bridgehead atoms. The van der Waals surface area contributed by atoms with Crippen molar-refractivity contribution in [2.24, 2.45) is 5.92 Å². The second-order valence-corrected chi connectivity index (χ2v) is 6.70. The first-order chi connectivity index (χ1) is 12.1. The second-order valence-electron chi connectivity index (χ2n) is 6.70. The summed E-state index contributed by atoms with van der Waals surface area (Å²) in [6, 6.07) is 4.69. The maximum Gasteiger partial charge on any atom is 0.387 e. The number of ether oxygens (including phenoxy) is 1. The molecule has 26 heavy (non-hydrogen) atoms. The Morgan fingerprint density at radius 1 is 1.27 bits per heavy atom. The summed E-state index contributed by atoms with van der Waals surface area (Å²) in [6.45, 7) is 2.12. The number of rotatable bonds is 7. The molecule has 9 heteroatoms. The number of amides is 4. The first kappa shape index (κ1) is 19.6. The lowest BCUT2D eigenvalue weighted by atomic mass is 9.91. The van der Waals surface area contributed by atoms with E-state index in [0.29, 0.717) is 12.1 Å². The number of hydrogen-bond acceptors (Lipinski definition) is 4. The van der Waals surface area contributed by atoms with Crippen molar-refractivity contribution in [2.75, 3.05) is 11.9 Å². The molecule has 1 aromatic rings. The van der Waals surface area contributed by atoms with Gasteiger partial charge < -0.3 is 15.4 Å². The number of anilines is 1. The van der Waals surface area contributed by atoms with Gasteiger partial charge in [0.05, 0.1) is 0 Å². The van der Waals surface area contributed by atoms with E-state index in [9.17, 15) is 23.2 Å². The fourth-order valence-electron chi connectivity index (χ4n) is 2.91. The minimum atomic E-state index is -2.93. The number of benzene rings is 1. The summed E-state index contributed by atoms with van der Waals surface area (Å²) >= 11 is 0. The molecule has 0 saturated carbocycles. The average molecular weight is 369 g/mol. The van der Waals surface area contributed by atoms with Crippen LogP contribution in [0.1, 0.15) is 27.2 Å². The third-order valence-corrected chi connectivity index (χ3v) is 3.83. The molecule has 0 radical (unpaired) electrons. The zero-order valence-corrected chi connectivity index (χ0v) is 14.7. The number of halogens is 2.